The second-order valence-corrected chi connectivity index (χ2v) is 3.92. The molecule has 84 valence electrons. The highest BCUT2D eigenvalue weighted by atomic mass is 19.1. The van der Waals surface area contributed by atoms with Crippen LogP contribution in [-0.4, -0.2) is 10.1 Å². The van der Waals surface area contributed by atoms with E-state index < -0.39 is 11.4 Å². The van der Waals surface area contributed by atoms with Crippen LogP contribution >= 0.6 is 0 Å². The summed E-state index contributed by atoms with van der Waals surface area (Å²) in [6.45, 7) is 1.60. The van der Waals surface area contributed by atoms with Gasteiger partial charge in [-0.15, -0.1) is 0 Å². The third-order valence-electron chi connectivity index (χ3n) is 2.43. The van der Waals surface area contributed by atoms with Gasteiger partial charge in [0.1, 0.15) is 11.6 Å². The van der Waals surface area contributed by atoms with Crippen molar-refractivity contribution in [1.82, 2.24) is 4.98 Å². The van der Waals surface area contributed by atoms with E-state index in [1.807, 2.05) is 0 Å². The quantitative estimate of drug-likeness (QED) is 0.864. The Hall–Kier alpha value is -1.68. The van der Waals surface area contributed by atoms with E-state index in [2.05, 4.69) is 4.98 Å². The molecule has 1 N–H and O–H groups in total. The van der Waals surface area contributed by atoms with E-state index >= 15 is 0 Å². The minimum absolute atomic E-state index is 0.283. The van der Waals surface area contributed by atoms with Crippen LogP contribution in [0.15, 0.2) is 41.3 Å². The first kappa shape index (κ1) is 10.8. The van der Waals surface area contributed by atoms with E-state index in [4.69, 9.17) is 4.42 Å². The topological polar surface area (TPSA) is 46.3 Å². The molecule has 3 nitrogen and oxygen atoms in total. The van der Waals surface area contributed by atoms with Crippen molar-refractivity contribution < 1.29 is 13.9 Å². The van der Waals surface area contributed by atoms with Crippen molar-refractivity contribution in [2.75, 3.05) is 0 Å². The lowest BCUT2D eigenvalue weighted by Crippen LogP contribution is -2.24. The molecule has 0 aliphatic heterocycles. The highest BCUT2D eigenvalue weighted by Crippen LogP contribution is 2.25. The Morgan fingerprint density at radius 2 is 2.31 bits per heavy atom. The highest BCUT2D eigenvalue weighted by Gasteiger charge is 2.25. The lowest BCUT2D eigenvalue weighted by molar-refractivity contribution is 0.0514. The minimum Gasteiger partial charge on any atom is -0.469 e. The molecule has 0 aliphatic carbocycles. The van der Waals surface area contributed by atoms with Gasteiger partial charge < -0.3 is 9.52 Å². The predicted molar refractivity (Wildman–Crippen MR) is 56.2 cm³/mol. The Morgan fingerprint density at radius 3 is 2.94 bits per heavy atom. The third-order valence-corrected chi connectivity index (χ3v) is 2.43. The van der Waals surface area contributed by atoms with Gasteiger partial charge in [-0.1, -0.05) is 0 Å². The average Bonchev–Trinajstić information content (AvgIpc) is 2.70. The van der Waals surface area contributed by atoms with Crippen molar-refractivity contribution in [3.63, 3.8) is 0 Å². The Labute approximate surface area is 92.6 Å². The van der Waals surface area contributed by atoms with Crippen LogP contribution in [0.2, 0.25) is 0 Å². The van der Waals surface area contributed by atoms with Gasteiger partial charge in [-0.2, -0.15) is 0 Å². The molecule has 16 heavy (non-hydrogen) atoms. The van der Waals surface area contributed by atoms with Gasteiger partial charge in [0, 0.05) is 18.2 Å². The van der Waals surface area contributed by atoms with Gasteiger partial charge in [-0.3, -0.25) is 4.98 Å². The summed E-state index contributed by atoms with van der Waals surface area (Å²) in [7, 11) is 0. The summed E-state index contributed by atoms with van der Waals surface area (Å²) in [6, 6.07) is 4.78. The van der Waals surface area contributed by atoms with Gasteiger partial charge in [-0.05, 0) is 25.1 Å². The van der Waals surface area contributed by atoms with Gasteiger partial charge in [0.15, 0.2) is 0 Å². The third kappa shape index (κ3) is 2.28. The van der Waals surface area contributed by atoms with Crippen LogP contribution in [-0.2, 0) is 12.0 Å². The molecule has 0 fully saturated rings. The number of pyridine rings is 1. The second-order valence-electron chi connectivity index (χ2n) is 3.92. The number of rotatable bonds is 3. The lowest BCUT2D eigenvalue weighted by Gasteiger charge is -2.22. The minimum atomic E-state index is -1.19. The molecule has 0 amide bonds. The van der Waals surface area contributed by atoms with Crippen molar-refractivity contribution in [3.05, 3.63) is 54.0 Å². The first-order valence-electron chi connectivity index (χ1n) is 4.94. The van der Waals surface area contributed by atoms with Gasteiger partial charge >= 0.3 is 0 Å². The van der Waals surface area contributed by atoms with Gasteiger partial charge in [-0.25, -0.2) is 4.39 Å². The molecular formula is C12H12FNO2. The molecule has 0 saturated heterocycles. The fourth-order valence-electron chi connectivity index (χ4n) is 1.56. The Kier molecular flexibility index (Phi) is 2.75. The van der Waals surface area contributed by atoms with Crippen LogP contribution < -0.4 is 0 Å². The van der Waals surface area contributed by atoms with Crippen LogP contribution in [0.1, 0.15) is 18.2 Å². The summed E-state index contributed by atoms with van der Waals surface area (Å²) >= 11 is 0. The normalized spacial score (nSPS) is 14.7. The van der Waals surface area contributed by atoms with Crippen LogP contribution in [0.4, 0.5) is 4.39 Å². The molecule has 0 bridgehead atoms. The smallest absolute Gasteiger partial charge is 0.141 e. The number of aliphatic hydroxyl groups is 1. The number of furan rings is 1. The molecule has 0 saturated carbocycles. The maximum Gasteiger partial charge on any atom is 0.141 e. The molecule has 2 heterocycles. The molecular weight excluding hydrogens is 209 g/mol. The van der Waals surface area contributed by atoms with E-state index in [1.54, 1.807) is 19.1 Å². The maximum absolute atomic E-state index is 13.0. The largest absolute Gasteiger partial charge is 0.469 e. The van der Waals surface area contributed by atoms with E-state index in [1.165, 1.54) is 18.5 Å². The van der Waals surface area contributed by atoms with Crippen molar-refractivity contribution in [2.24, 2.45) is 0 Å². The molecule has 0 radical (unpaired) electrons. The lowest BCUT2D eigenvalue weighted by atomic mass is 9.93. The Bertz CT molecular complexity index is 466. The van der Waals surface area contributed by atoms with Gasteiger partial charge in [0.2, 0.25) is 0 Å². The van der Waals surface area contributed by atoms with Crippen molar-refractivity contribution in [3.8, 4) is 0 Å². The van der Waals surface area contributed by atoms with E-state index in [0.717, 1.165) is 6.20 Å². The number of hydrogen-bond donors (Lipinski definition) is 1. The summed E-state index contributed by atoms with van der Waals surface area (Å²) < 4.78 is 18.1. The average molecular weight is 221 g/mol. The molecule has 2 aromatic heterocycles. The Balaban J connectivity index is 2.24. The molecule has 0 spiro atoms. The van der Waals surface area contributed by atoms with Crippen LogP contribution in [0.3, 0.4) is 0 Å². The number of halogens is 1. The maximum atomic E-state index is 13.0. The van der Waals surface area contributed by atoms with Crippen molar-refractivity contribution >= 4 is 0 Å². The Morgan fingerprint density at radius 1 is 1.50 bits per heavy atom. The van der Waals surface area contributed by atoms with Crippen LogP contribution in [0, 0.1) is 5.82 Å². The fourth-order valence-corrected chi connectivity index (χ4v) is 1.56. The van der Waals surface area contributed by atoms with E-state index in [9.17, 15) is 9.50 Å². The standard InChI is InChI=1S/C12H12FNO2/c1-12(15,6-11-3-2-4-16-11)9-5-10(13)8-14-7-9/h2-5,7-8,15H,6H2,1H3. The first-order chi connectivity index (χ1) is 7.58. The monoisotopic (exact) mass is 221 g/mol. The highest BCUT2D eigenvalue weighted by molar-refractivity contribution is 5.20. The molecule has 1 unspecified atom stereocenters. The zero-order chi connectivity index (χ0) is 11.6. The predicted octanol–water partition coefficient (Wildman–Crippen LogP) is 2.26. The summed E-state index contributed by atoms with van der Waals surface area (Å²) in [4.78, 5) is 3.71. The van der Waals surface area contributed by atoms with Crippen LogP contribution in [0.5, 0.6) is 0 Å². The zero-order valence-corrected chi connectivity index (χ0v) is 8.85. The van der Waals surface area contributed by atoms with Gasteiger partial charge in [0.05, 0.1) is 18.1 Å². The summed E-state index contributed by atoms with van der Waals surface area (Å²) in [5.41, 5.74) is -0.753. The molecule has 4 heteroatoms. The second kappa shape index (κ2) is 4.06. The molecule has 2 rings (SSSR count). The molecule has 1 atom stereocenters. The summed E-state index contributed by atoms with van der Waals surface area (Å²) in [6.07, 6.45) is 4.37. The number of nitrogens with zero attached hydrogens (tertiary/aromatic N) is 1. The van der Waals surface area contributed by atoms with Crippen LogP contribution in [0.25, 0.3) is 0 Å². The number of aromatic nitrogens is 1. The number of hydrogen-bond acceptors (Lipinski definition) is 3. The SMILES string of the molecule is CC(O)(Cc1ccco1)c1cncc(F)c1. The van der Waals surface area contributed by atoms with Gasteiger partial charge in [0.25, 0.3) is 0 Å². The first-order valence-corrected chi connectivity index (χ1v) is 4.94. The molecule has 0 aliphatic rings. The van der Waals surface area contributed by atoms with Crippen molar-refractivity contribution in [2.45, 2.75) is 18.9 Å². The van der Waals surface area contributed by atoms with Crippen molar-refractivity contribution in [1.29, 1.82) is 0 Å². The van der Waals surface area contributed by atoms with E-state index in [0.29, 0.717) is 11.3 Å². The molecule has 0 aromatic carbocycles. The molecule has 2 aromatic rings. The summed E-state index contributed by atoms with van der Waals surface area (Å²) in [5, 5.41) is 10.2. The zero-order valence-electron chi connectivity index (χ0n) is 8.85. The van der Waals surface area contributed by atoms with E-state index in [-0.39, 0.29) is 6.42 Å². The summed E-state index contributed by atoms with van der Waals surface area (Å²) in [5.74, 6) is 0.187. The fraction of sp³-hybridized carbons (Fsp3) is 0.250.